The van der Waals surface area contributed by atoms with E-state index in [9.17, 15) is 4.79 Å². The van der Waals surface area contributed by atoms with Gasteiger partial charge in [-0.15, -0.1) is 0 Å². The van der Waals surface area contributed by atoms with E-state index in [1.165, 1.54) is 50.3 Å². The molecule has 0 aromatic heterocycles. The first-order valence-corrected chi connectivity index (χ1v) is 8.07. The summed E-state index contributed by atoms with van der Waals surface area (Å²) in [5.74, 6) is 0.342. The average Bonchev–Trinajstić information content (AvgIpc) is 2.54. The van der Waals surface area contributed by atoms with Gasteiger partial charge in [0.05, 0.1) is 0 Å². The van der Waals surface area contributed by atoms with Gasteiger partial charge in [0.2, 0.25) is 0 Å². The SMILES string of the molecule is CN(Cc1ccc(/C=C/C(=O)NO)cc1)CC1CCCCC1. The predicted molar refractivity (Wildman–Crippen MR) is 88.3 cm³/mol. The summed E-state index contributed by atoms with van der Waals surface area (Å²) in [6.07, 6.45) is 9.93. The van der Waals surface area contributed by atoms with E-state index in [-0.39, 0.29) is 0 Å². The lowest BCUT2D eigenvalue weighted by Gasteiger charge is -2.27. The zero-order valence-corrected chi connectivity index (χ0v) is 13.3. The van der Waals surface area contributed by atoms with Crippen molar-refractivity contribution in [3.63, 3.8) is 0 Å². The van der Waals surface area contributed by atoms with E-state index in [4.69, 9.17) is 5.21 Å². The molecule has 1 amide bonds. The molecule has 0 atom stereocenters. The molecule has 0 heterocycles. The van der Waals surface area contributed by atoms with Crippen LogP contribution in [0.5, 0.6) is 0 Å². The summed E-state index contributed by atoms with van der Waals surface area (Å²) in [5.41, 5.74) is 3.81. The molecule has 2 N–H and O–H groups in total. The second-order valence-electron chi connectivity index (χ2n) is 6.25. The summed E-state index contributed by atoms with van der Waals surface area (Å²) in [6, 6.07) is 8.16. The van der Waals surface area contributed by atoms with Gasteiger partial charge in [0.1, 0.15) is 0 Å². The molecular formula is C18H26N2O2. The van der Waals surface area contributed by atoms with Crippen molar-refractivity contribution in [2.45, 2.75) is 38.6 Å². The fourth-order valence-corrected chi connectivity index (χ4v) is 3.13. The molecule has 4 nitrogen and oxygen atoms in total. The van der Waals surface area contributed by atoms with Crippen LogP contribution in [0.2, 0.25) is 0 Å². The molecule has 2 rings (SSSR count). The van der Waals surface area contributed by atoms with Crippen molar-refractivity contribution in [2.75, 3.05) is 13.6 Å². The van der Waals surface area contributed by atoms with E-state index in [2.05, 4.69) is 24.1 Å². The number of rotatable bonds is 6. The van der Waals surface area contributed by atoms with Gasteiger partial charge in [0.25, 0.3) is 5.91 Å². The third-order valence-electron chi connectivity index (χ3n) is 4.26. The van der Waals surface area contributed by atoms with E-state index >= 15 is 0 Å². The van der Waals surface area contributed by atoms with Crippen LogP contribution < -0.4 is 5.48 Å². The molecule has 0 unspecified atom stereocenters. The van der Waals surface area contributed by atoms with Crippen LogP contribution in [0.15, 0.2) is 30.3 Å². The monoisotopic (exact) mass is 302 g/mol. The van der Waals surface area contributed by atoms with E-state index in [1.807, 2.05) is 12.1 Å². The first-order chi connectivity index (χ1) is 10.7. The summed E-state index contributed by atoms with van der Waals surface area (Å²) in [6.45, 7) is 2.13. The Balaban J connectivity index is 1.82. The topological polar surface area (TPSA) is 52.6 Å². The van der Waals surface area contributed by atoms with Gasteiger partial charge in [0.15, 0.2) is 0 Å². The number of carbonyl (C=O) groups is 1. The van der Waals surface area contributed by atoms with Gasteiger partial charge in [-0.2, -0.15) is 0 Å². The van der Waals surface area contributed by atoms with Gasteiger partial charge in [0, 0.05) is 19.2 Å². The summed E-state index contributed by atoms with van der Waals surface area (Å²) in [7, 11) is 2.19. The Morgan fingerprint density at radius 3 is 2.59 bits per heavy atom. The lowest BCUT2D eigenvalue weighted by Crippen LogP contribution is -2.26. The Hall–Kier alpha value is -1.65. The number of hydrogen-bond donors (Lipinski definition) is 2. The Morgan fingerprint density at radius 2 is 1.95 bits per heavy atom. The third-order valence-corrected chi connectivity index (χ3v) is 4.26. The molecule has 22 heavy (non-hydrogen) atoms. The second kappa shape index (κ2) is 8.71. The molecule has 1 aliphatic rings. The maximum absolute atomic E-state index is 10.9. The van der Waals surface area contributed by atoms with E-state index in [0.29, 0.717) is 0 Å². The summed E-state index contributed by atoms with van der Waals surface area (Å²) in [5, 5.41) is 8.43. The number of hydrogen-bond acceptors (Lipinski definition) is 3. The fourth-order valence-electron chi connectivity index (χ4n) is 3.13. The van der Waals surface area contributed by atoms with Gasteiger partial charge in [-0.1, -0.05) is 43.5 Å². The summed E-state index contributed by atoms with van der Waals surface area (Å²) < 4.78 is 0. The molecule has 1 aromatic carbocycles. The van der Waals surface area contributed by atoms with Crippen LogP contribution in [0.3, 0.4) is 0 Å². The highest BCUT2D eigenvalue weighted by Gasteiger charge is 2.15. The molecule has 4 heteroatoms. The lowest BCUT2D eigenvalue weighted by molar-refractivity contribution is -0.124. The fraction of sp³-hybridized carbons (Fsp3) is 0.500. The highest BCUT2D eigenvalue weighted by molar-refractivity contribution is 5.90. The zero-order valence-electron chi connectivity index (χ0n) is 13.3. The van der Waals surface area contributed by atoms with Crippen molar-refractivity contribution in [1.29, 1.82) is 0 Å². The van der Waals surface area contributed by atoms with E-state index < -0.39 is 5.91 Å². The van der Waals surface area contributed by atoms with Crippen molar-refractivity contribution in [2.24, 2.45) is 5.92 Å². The Kier molecular flexibility index (Phi) is 6.62. The quantitative estimate of drug-likeness (QED) is 0.482. The van der Waals surface area contributed by atoms with Gasteiger partial charge in [-0.25, -0.2) is 5.48 Å². The molecule has 1 saturated carbocycles. The molecule has 1 fully saturated rings. The number of carbonyl (C=O) groups excluding carboxylic acids is 1. The van der Waals surface area contributed by atoms with Crippen LogP contribution >= 0.6 is 0 Å². The Morgan fingerprint density at radius 1 is 1.27 bits per heavy atom. The Labute approximate surface area is 132 Å². The van der Waals surface area contributed by atoms with Gasteiger partial charge in [-0.3, -0.25) is 10.0 Å². The standard InChI is InChI=1S/C18H26N2O2/c1-20(13-16-5-3-2-4-6-16)14-17-9-7-15(8-10-17)11-12-18(21)19-22/h7-12,16,22H,2-6,13-14H2,1H3,(H,19,21)/b12-11+. The van der Waals surface area contributed by atoms with E-state index in [1.54, 1.807) is 11.6 Å². The van der Waals surface area contributed by atoms with Crippen LogP contribution in [0.4, 0.5) is 0 Å². The molecule has 0 saturated heterocycles. The normalized spacial score (nSPS) is 16.3. The highest BCUT2D eigenvalue weighted by atomic mass is 16.5. The van der Waals surface area contributed by atoms with E-state index in [0.717, 1.165) is 18.0 Å². The maximum Gasteiger partial charge on any atom is 0.267 e. The number of amides is 1. The van der Waals surface area contributed by atoms with Crippen molar-refractivity contribution in [3.05, 3.63) is 41.5 Å². The first kappa shape index (κ1) is 16.7. The smallest absolute Gasteiger partial charge is 0.267 e. The first-order valence-electron chi connectivity index (χ1n) is 8.07. The third kappa shape index (κ3) is 5.62. The van der Waals surface area contributed by atoms with Crippen LogP contribution in [0, 0.1) is 5.92 Å². The minimum absolute atomic E-state index is 0.517. The molecule has 0 spiro atoms. The van der Waals surface area contributed by atoms with Crippen LogP contribution in [-0.2, 0) is 11.3 Å². The van der Waals surface area contributed by atoms with Crippen molar-refractivity contribution in [3.8, 4) is 0 Å². The molecular weight excluding hydrogens is 276 g/mol. The highest BCUT2D eigenvalue weighted by Crippen LogP contribution is 2.24. The lowest BCUT2D eigenvalue weighted by atomic mass is 9.89. The average molecular weight is 302 g/mol. The molecule has 1 aromatic rings. The predicted octanol–water partition coefficient (Wildman–Crippen LogP) is 3.22. The largest absolute Gasteiger partial charge is 0.302 e. The van der Waals surface area contributed by atoms with Gasteiger partial charge >= 0.3 is 0 Å². The summed E-state index contributed by atoms with van der Waals surface area (Å²) >= 11 is 0. The van der Waals surface area contributed by atoms with Crippen molar-refractivity contribution >= 4 is 12.0 Å². The molecule has 0 radical (unpaired) electrons. The minimum atomic E-state index is -0.517. The Bertz CT molecular complexity index is 490. The van der Waals surface area contributed by atoms with Crippen molar-refractivity contribution < 1.29 is 10.0 Å². The molecule has 0 bridgehead atoms. The zero-order chi connectivity index (χ0) is 15.8. The molecule has 120 valence electrons. The molecule has 1 aliphatic carbocycles. The van der Waals surface area contributed by atoms with Crippen LogP contribution in [0.1, 0.15) is 43.2 Å². The number of nitrogens with one attached hydrogen (secondary N) is 1. The number of nitrogens with zero attached hydrogens (tertiary/aromatic N) is 1. The summed E-state index contributed by atoms with van der Waals surface area (Å²) in [4.78, 5) is 13.3. The van der Waals surface area contributed by atoms with Crippen LogP contribution in [0.25, 0.3) is 6.08 Å². The number of benzene rings is 1. The van der Waals surface area contributed by atoms with Crippen molar-refractivity contribution in [1.82, 2.24) is 10.4 Å². The van der Waals surface area contributed by atoms with Crippen LogP contribution in [-0.4, -0.2) is 29.6 Å². The number of hydroxylamine groups is 1. The van der Waals surface area contributed by atoms with Gasteiger partial charge < -0.3 is 4.90 Å². The molecule has 0 aliphatic heterocycles. The maximum atomic E-state index is 10.9. The minimum Gasteiger partial charge on any atom is -0.302 e. The van der Waals surface area contributed by atoms with Gasteiger partial charge in [-0.05, 0) is 43.0 Å². The second-order valence-corrected chi connectivity index (χ2v) is 6.25.